The predicted molar refractivity (Wildman–Crippen MR) is 186 cm³/mol. The molecule has 0 saturated carbocycles. The van der Waals surface area contributed by atoms with Gasteiger partial charge in [0.1, 0.15) is 18.5 Å². The van der Waals surface area contributed by atoms with Crippen LogP contribution in [0.2, 0.25) is 0 Å². The molecule has 2 aliphatic heterocycles. The summed E-state index contributed by atoms with van der Waals surface area (Å²) in [5.41, 5.74) is 5.85. The molecule has 2 aliphatic rings. The van der Waals surface area contributed by atoms with Gasteiger partial charge in [-0.15, -0.1) is 0 Å². The number of urea groups is 1. The van der Waals surface area contributed by atoms with Crippen LogP contribution in [-0.2, 0) is 29.0 Å². The Morgan fingerprint density at radius 1 is 0.915 bits per heavy atom. The quantitative estimate of drug-likeness (QED) is 0.325. The molecule has 47 heavy (non-hydrogen) atoms. The third-order valence-electron chi connectivity index (χ3n) is 7.95. The van der Waals surface area contributed by atoms with Gasteiger partial charge in [-0.25, -0.2) is 19.2 Å². The Bertz CT molecular complexity index is 1450. The molecular weight excluding hydrogens is 593 g/mol. The molecule has 0 radical (unpaired) electrons. The van der Waals surface area contributed by atoms with Gasteiger partial charge < -0.3 is 15.1 Å². The fourth-order valence-electron chi connectivity index (χ4n) is 5.51. The highest BCUT2D eigenvalue weighted by molar-refractivity contribution is 5.89. The molecule has 0 bridgehead atoms. The lowest BCUT2D eigenvalue weighted by molar-refractivity contribution is -0.178. The van der Waals surface area contributed by atoms with Crippen LogP contribution in [-0.4, -0.2) is 77.1 Å². The van der Waals surface area contributed by atoms with Crippen molar-refractivity contribution in [2.75, 3.05) is 33.2 Å². The van der Waals surface area contributed by atoms with E-state index < -0.39 is 6.17 Å². The first kappa shape index (κ1) is 37.2. The maximum atomic E-state index is 13.2. The highest BCUT2D eigenvalue weighted by Crippen LogP contribution is 2.23. The minimum Gasteiger partial charge on any atom is -0.337 e. The monoisotopic (exact) mass is 645 g/mol. The Hall–Kier alpha value is -4.24. The standard InChI is InChI=1S/C28H36FN5O3.C7H8.C3H8/c1-19(2)13-23-14-21(6-5-20(23)3)11-12-32-16-25-33(18-26(32)35)27(36)17-31(4)34(25)28(37)30-15-22-7-9-24(29)10-8-22;1-7-5-3-2-4-6-7;1-3-2/h5-10,14,19,25H,11-13,15-18H2,1-4H3,(H,30,37);2-6H,1H3;3H2,1-2H3. The van der Waals surface area contributed by atoms with Crippen molar-refractivity contribution in [2.45, 2.75) is 73.5 Å². The fraction of sp³-hybridized carbons (Fsp3) is 0.447. The second kappa shape index (κ2) is 18.2. The molecule has 5 rings (SSSR count). The van der Waals surface area contributed by atoms with E-state index in [-0.39, 0.29) is 49.8 Å². The van der Waals surface area contributed by atoms with E-state index in [0.717, 1.165) is 12.0 Å². The number of rotatable bonds is 7. The van der Waals surface area contributed by atoms with Crippen LogP contribution in [0.15, 0.2) is 72.8 Å². The van der Waals surface area contributed by atoms with Gasteiger partial charge in [-0.05, 0) is 67.0 Å². The van der Waals surface area contributed by atoms with Crippen molar-refractivity contribution in [2.24, 2.45) is 5.92 Å². The molecule has 4 amide bonds. The molecule has 0 aromatic heterocycles. The number of hydrogen-bond donors (Lipinski definition) is 1. The van der Waals surface area contributed by atoms with Gasteiger partial charge >= 0.3 is 6.03 Å². The molecule has 2 saturated heterocycles. The van der Waals surface area contributed by atoms with Crippen molar-refractivity contribution in [1.29, 1.82) is 0 Å². The van der Waals surface area contributed by atoms with Crippen LogP contribution in [0.4, 0.5) is 9.18 Å². The molecule has 3 aromatic rings. The van der Waals surface area contributed by atoms with E-state index in [4.69, 9.17) is 0 Å². The first-order chi connectivity index (χ1) is 22.4. The normalized spacial score (nSPS) is 16.2. The van der Waals surface area contributed by atoms with Gasteiger partial charge in [-0.1, -0.05) is 100 Å². The van der Waals surface area contributed by atoms with Crippen molar-refractivity contribution >= 4 is 17.8 Å². The number of nitrogens with zero attached hydrogens (tertiary/aromatic N) is 4. The number of halogens is 1. The van der Waals surface area contributed by atoms with Crippen molar-refractivity contribution in [3.8, 4) is 0 Å². The summed E-state index contributed by atoms with van der Waals surface area (Å²) in [6.07, 6.45) is 2.37. The van der Waals surface area contributed by atoms with E-state index in [1.807, 2.05) is 18.2 Å². The Balaban J connectivity index is 0.000000517. The van der Waals surface area contributed by atoms with Gasteiger partial charge in [0.25, 0.3) is 0 Å². The SMILES string of the molecule is CCC.Cc1ccc(CCN2CC3N(CC2=O)C(=O)CN(C)N3C(=O)NCc2ccc(F)cc2)cc1CC(C)C.Cc1ccccc1. The molecule has 9 heteroatoms. The second-order valence-corrected chi connectivity index (χ2v) is 12.8. The van der Waals surface area contributed by atoms with E-state index >= 15 is 0 Å². The summed E-state index contributed by atoms with van der Waals surface area (Å²) in [6.45, 7) is 13.8. The van der Waals surface area contributed by atoms with Crippen molar-refractivity contribution in [3.05, 3.63) is 106 Å². The predicted octanol–water partition coefficient (Wildman–Crippen LogP) is 6.36. The van der Waals surface area contributed by atoms with Crippen molar-refractivity contribution < 1.29 is 18.8 Å². The smallest absolute Gasteiger partial charge is 0.334 e. The van der Waals surface area contributed by atoms with E-state index in [2.05, 4.69) is 77.2 Å². The second-order valence-electron chi connectivity index (χ2n) is 12.8. The van der Waals surface area contributed by atoms with Crippen LogP contribution < -0.4 is 5.32 Å². The minimum atomic E-state index is -0.591. The Morgan fingerprint density at radius 3 is 2.15 bits per heavy atom. The summed E-state index contributed by atoms with van der Waals surface area (Å²) < 4.78 is 13.2. The Kier molecular flexibility index (Phi) is 14.4. The summed E-state index contributed by atoms with van der Waals surface area (Å²) in [6, 6.07) is 22.3. The average Bonchev–Trinajstić information content (AvgIpc) is 3.02. The number of carbonyl (C=O) groups excluding carboxylic acids is 3. The third-order valence-corrected chi connectivity index (χ3v) is 7.95. The summed E-state index contributed by atoms with van der Waals surface area (Å²) in [4.78, 5) is 42.1. The lowest BCUT2D eigenvalue weighted by atomic mass is 9.96. The number of piperazine rings is 1. The zero-order chi connectivity index (χ0) is 34.5. The number of amides is 4. The van der Waals surface area contributed by atoms with Crippen molar-refractivity contribution in [1.82, 2.24) is 25.1 Å². The molecule has 2 fully saturated rings. The lowest BCUT2D eigenvalue weighted by Crippen LogP contribution is -2.73. The summed E-state index contributed by atoms with van der Waals surface area (Å²) in [5, 5.41) is 5.96. The van der Waals surface area contributed by atoms with Gasteiger partial charge in [0.15, 0.2) is 0 Å². The van der Waals surface area contributed by atoms with E-state index in [9.17, 15) is 18.8 Å². The van der Waals surface area contributed by atoms with Gasteiger partial charge in [-0.3, -0.25) is 9.59 Å². The van der Waals surface area contributed by atoms with Gasteiger partial charge in [0.05, 0.1) is 13.1 Å². The molecule has 1 atom stereocenters. The average molecular weight is 646 g/mol. The summed E-state index contributed by atoms with van der Waals surface area (Å²) >= 11 is 0. The minimum absolute atomic E-state index is 0.00967. The number of likely N-dealkylation sites (N-methyl/N-ethyl adjacent to an activating group) is 1. The zero-order valence-electron chi connectivity index (χ0n) is 29.1. The molecule has 3 aromatic carbocycles. The zero-order valence-corrected chi connectivity index (χ0v) is 29.1. The fourth-order valence-corrected chi connectivity index (χ4v) is 5.51. The van der Waals surface area contributed by atoms with Crippen molar-refractivity contribution in [3.63, 3.8) is 0 Å². The number of hydrazine groups is 1. The number of hydrogen-bond acceptors (Lipinski definition) is 4. The van der Waals surface area contributed by atoms with Crippen LogP contribution >= 0.6 is 0 Å². The number of carbonyl (C=O) groups is 3. The highest BCUT2D eigenvalue weighted by atomic mass is 19.1. The molecule has 1 unspecified atom stereocenters. The molecular formula is C38H52FN5O3. The number of nitrogens with one attached hydrogen (secondary N) is 1. The maximum Gasteiger partial charge on any atom is 0.334 e. The first-order valence-electron chi connectivity index (χ1n) is 16.6. The molecule has 0 aliphatic carbocycles. The molecule has 0 spiro atoms. The Morgan fingerprint density at radius 2 is 1.55 bits per heavy atom. The molecule has 2 heterocycles. The largest absolute Gasteiger partial charge is 0.337 e. The molecule has 1 N–H and O–H groups in total. The first-order valence-corrected chi connectivity index (χ1v) is 16.6. The number of benzene rings is 3. The topological polar surface area (TPSA) is 76.2 Å². The van der Waals surface area contributed by atoms with E-state index in [0.29, 0.717) is 18.9 Å². The van der Waals surface area contributed by atoms with Crippen LogP contribution in [0.5, 0.6) is 0 Å². The van der Waals surface area contributed by atoms with Crippen LogP contribution in [0.3, 0.4) is 0 Å². The van der Waals surface area contributed by atoms with E-state index in [1.165, 1.54) is 50.7 Å². The molecule has 254 valence electrons. The van der Waals surface area contributed by atoms with Crippen LogP contribution in [0.1, 0.15) is 61.9 Å². The van der Waals surface area contributed by atoms with Crippen LogP contribution in [0, 0.1) is 25.6 Å². The van der Waals surface area contributed by atoms with E-state index in [1.54, 1.807) is 29.1 Å². The summed E-state index contributed by atoms with van der Waals surface area (Å²) in [7, 11) is 1.69. The van der Waals surface area contributed by atoms with Crippen LogP contribution in [0.25, 0.3) is 0 Å². The van der Waals surface area contributed by atoms with Gasteiger partial charge in [-0.2, -0.15) is 0 Å². The Labute approximate surface area is 280 Å². The maximum absolute atomic E-state index is 13.2. The van der Waals surface area contributed by atoms with Gasteiger partial charge in [0, 0.05) is 20.1 Å². The number of aryl methyl sites for hydroxylation is 2. The third kappa shape index (κ3) is 11.2. The lowest BCUT2D eigenvalue weighted by Gasteiger charge is -2.51. The summed E-state index contributed by atoms with van der Waals surface area (Å²) in [5.74, 6) is -0.0753. The highest BCUT2D eigenvalue weighted by Gasteiger charge is 2.45. The van der Waals surface area contributed by atoms with Gasteiger partial charge in [0.2, 0.25) is 11.8 Å². The molecule has 8 nitrogen and oxygen atoms in total. The number of fused-ring (bicyclic) bond motifs is 1.